The Morgan fingerprint density at radius 2 is 2.06 bits per heavy atom. The van der Waals surface area contributed by atoms with Gasteiger partial charge in [-0.3, -0.25) is 0 Å². The van der Waals surface area contributed by atoms with Crippen LogP contribution in [-0.4, -0.2) is 37.2 Å². The Morgan fingerprint density at radius 3 is 2.67 bits per heavy atom. The summed E-state index contributed by atoms with van der Waals surface area (Å²) in [5.41, 5.74) is 6.77. The molecule has 0 amide bonds. The summed E-state index contributed by atoms with van der Waals surface area (Å²) in [6.45, 7) is 5.07. The molecule has 1 aliphatic rings. The van der Waals surface area contributed by atoms with Gasteiger partial charge in [0.05, 0.1) is 0 Å². The third-order valence-corrected chi connectivity index (χ3v) is 3.57. The number of nitrogens with two attached hydrogens (primary N) is 1. The van der Waals surface area contributed by atoms with Gasteiger partial charge in [0.15, 0.2) is 0 Å². The van der Waals surface area contributed by atoms with E-state index in [0.29, 0.717) is 6.54 Å². The van der Waals surface area contributed by atoms with Crippen molar-refractivity contribution in [2.75, 3.05) is 26.7 Å². The molecule has 100 valence electrons. The van der Waals surface area contributed by atoms with Crippen molar-refractivity contribution in [2.45, 2.75) is 31.8 Å². The van der Waals surface area contributed by atoms with Crippen LogP contribution in [0.3, 0.4) is 0 Å². The lowest BCUT2D eigenvalue weighted by Crippen LogP contribution is -2.48. The highest BCUT2D eigenvalue weighted by Crippen LogP contribution is 2.26. The van der Waals surface area contributed by atoms with E-state index in [9.17, 15) is 0 Å². The lowest BCUT2D eigenvalue weighted by molar-refractivity contribution is 0.0156. The van der Waals surface area contributed by atoms with Crippen molar-refractivity contribution in [2.24, 2.45) is 5.73 Å². The number of rotatable bonds is 4. The Hall–Kier alpha value is -1.06. The van der Waals surface area contributed by atoms with Gasteiger partial charge in [-0.15, -0.1) is 0 Å². The van der Waals surface area contributed by atoms with Crippen LogP contribution in [0.25, 0.3) is 0 Å². The molecular formula is C15H24N2O. The van der Waals surface area contributed by atoms with E-state index < -0.39 is 0 Å². The first-order valence-corrected chi connectivity index (χ1v) is 6.78. The number of ether oxygens (including phenoxy) is 1. The fourth-order valence-electron chi connectivity index (χ4n) is 2.71. The molecule has 0 spiro atoms. The van der Waals surface area contributed by atoms with Crippen LogP contribution < -0.4 is 10.5 Å². The lowest BCUT2D eigenvalue weighted by atomic mass is 9.95. The van der Waals surface area contributed by atoms with Crippen molar-refractivity contribution in [1.82, 2.24) is 4.90 Å². The van der Waals surface area contributed by atoms with Gasteiger partial charge >= 0.3 is 0 Å². The van der Waals surface area contributed by atoms with Crippen LogP contribution in [0.15, 0.2) is 24.3 Å². The Kier molecular flexibility index (Phi) is 4.25. The van der Waals surface area contributed by atoms with Gasteiger partial charge in [-0.05, 0) is 64.0 Å². The molecule has 18 heavy (non-hydrogen) atoms. The second-order valence-electron chi connectivity index (χ2n) is 5.58. The summed E-state index contributed by atoms with van der Waals surface area (Å²) in [5.74, 6) is 0.966. The molecule has 2 rings (SSSR count). The van der Waals surface area contributed by atoms with E-state index >= 15 is 0 Å². The normalized spacial score (nSPS) is 25.1. The fraction of sp³-hybridized carbons (Fsp3) is 0.600. The summed E-state index contributed by atoms with van der Waals surface area (Å²) in [5, 5.41) is 0. The van der Waals surface area contributed by atoms with Gasteiger partial charge in [-0.1, -0.05) is 12.1 Å². The van der Waals surface area contributed by atoms with Gasteiger partial charge in [-0.2, -0.15) is 0 Å². The molecule has 1 unspecified atom stereocenters. The van der Waals surface area contributed by atoms with E-state index in [1.165, 1.54) is 18.5 Å². The molecule has 1 aliphatic heterocycles. The zero-order valence-electron chi connectivity index (χ0n) is 11.5. The summed E-state index contributed by atoms with van der Waals surface area (Å²) >= 11 is 0. The minimum absolute atomic E-state index is 0.0532. The Balaban J connectivity index is 1.99. The maximum absolute atomic E-state index is 6.17. The van der Waals surface area contributed by atoms with Gasteiger partial charge in [0.2, 0.25) is 0 Å². The molecular weight excluding hydrogens is 224 g/mol. The van der Waals surface area contributed by atoms with E-state index in [0.717, 1.165) is 25.1 Å². The van der Waals surface area contributed by atoms with Crippen molar-refractivity contribution < 1.29 is 4.74 Å². The number of likely N-dealkylation sites (N-methyl/N-ethyl adjacent to an activating group) is 1. The first-order chi connectivity index (χ1) is 8.61. The maximum atomic E-state index is 6.17. The van der Waals surface area contributed by atoms with E-state index in [2.05, 4.69) is 43.1 Å². The Morgan fingerprint density at radius 1 is 1.33 bits per heavy atom. The smallest absolute Gasteiger partial charge is 0.120 e. The zero-order chi connectivity index (χ0) is 13.0. The summed E-state index contributed by atoms with van der Waals surface area (Å²) in [6, 6.07) is 8.34. The van der Waals surface area contributed by atoms with E-state index in [4.69, 9.17) is 10.5 Å². The molecule has 0 radical (unpaired) electrons. The third kappa shape index (κ3) is 3.47. The molecule has 3 nitrogen and oxygen atoms in total. The molecule has 1 atom stereocenters. The molecule has 1 saturated heterocycles. The monoisotopic (exact) mass is 248 g/mol. The number of piperidine rings is 1. The number of benzene rings is 1. The quantitative estimate of drug-likeness (QED) is 0.886. The summed E-state index contributed by atoms with van der Waals surface area (Å²) in [6.07, 6.45) is 3.26. The van der Waals surface area contributed by atoms with Crippen molar-refractivity contribution in [3.05, 3.63) is 29.8 Å². The Labute approximate surface area is 110 Å². The highest BCUT2D eigenvalue weighted by Gasteiger charge is 2.31. The molecule has 2 N–H and O–H groups in total. The lowest BCUT2D eigenvalue weighted by Gasteiger charge is -2.39. The average molecular weight is 248 g/mol. The number of hydrogen-bond donors (Lipinski definition) is 1. The van der Waals surface area contributed by atoms with Crippen LogP contribution in [0.2, 0.25) is 0 Å². The standard InChI is InChI=1S/C15H24N2O/c1-15(9-3-11-17(2)12-15)18-14-6-4-13(5-7-14)8-10-16/h4-7H,3,8-12,16H2,1-2H3. The summed E-state index contributed by atoms with van der Waals surface area (Å²) < 4.78 is 6.17. The number of nitrogens with zero attached hydrogens (tertiary/aromatic N) is 1. The number of likely N-dealkylation sites (tertiary alicyclic amines) is 1. The minimum Gasteiger partial charge on any atom is -0.486 e. The Bertz CT molecular complexity index is 377. The van der Waals surface area contributed by atoms with Crippen molar-refractivity contribution in [3.63, 3.8) is 0 Å². The van der Waals surface area contributed by atoms with Crippen molar-refractivity contribution in [3.8, 4) is 5.75 Å². The van der Waals surface area contributed by atoms with Crippen LogP contribution in [0.4, 0.5) is 0 Å². The second kappa shape index (κ2) is 5.72. The predicted octanol–water partition coefficient (Wildman–Crippen LogP) is 2.05. The van der Waals surface area contributed by atoms with Gasteiger partial charge in [0.1, 0.15) is 11.4 Å². The van der Waals surface area contributed by atoms with Crippen LogP contribution in [0, 0.1) is 0 Å². The van der Waals surface area contributed by atoms with Crippen molar-refractivity contribution in [1.29, 1.82) is 0 Å². The van der Waals surface area contributed by atoms with Gasteiger partial charge in [-0.25, -0.2) is 0 Å². The van der Waals surface area contributed by atoms with Gasteiger partial charge < -0.3 is 15.4 Å². The zero-order valence-corrected chi connectivity index (χ0v) is 11.5. The van der Waals surface area contributed by atoms with Crippen LogP contribution >= 0.6 is 0 Å². The highest BCUT2D eigenvalue weighted by atomic mass is 16.5. The molecule has 1 aromatic carbocycles. The highest BCUT2D eigenvalue weighted by molar-refractivity contribution is 5.28. The fourth-order valence-corrected chi connectivity index (χ4v) is 2.71. The van der Waals surface area contributed by atoms with Crippen LogP contribution in [-0.2, 0) is 6.42 Å². The first kappa shape index (κ1) is 13.4. The second-order valence-corrected chi connectivity index (χ2v) is 5.58. The maximum Gasteiger partial charge on any atom is 0.120 e. The van der Waals surface area contributed by atoms with Gasteiger partial charge in [0.25, 0.3) is 0 Å². The average Bonchev–Trinajstić information content (AvgIpc) is 2.31. The minimum atomic E-state index is -0.0532. The largest absolute Gasteiger partial charge is 0.486 e. The summed E-state index contributed by atoms with van der Waals surface area (Å²) in [4.78, 5) is 2.34. The molecule has 0 bridgehead atoms. The molecule has 0 aromatic heterocycles. The van der Waals surface area contributed by atoms with E-state index in [-0.39, 0.29) is 5.60 Å². The predicted molar refractivity (Wildman–Crippen MR) is 75.0 cm³/mol. The van der Waals surface area contributed by atoms with E-state index in [1.54, 1.807) is 0 Å². The first-order valence-electron chi connectivity index (χ1n) is 6.78. The number of hydrogen-bond acceptors (Lipinski definition) is 3. The van der Waals surface area contributed by atoms with Crippen LogP contribution in [0.5, 0.6) is 5.75 Å². The third-order valence-electron chi connectivity index (χ3n) is 3.57. The molecule has 1 heterocycles. The molecule has 0 aliphatic carbocycles. The van der Waals surface area contributed by atoms with Crippen LogP contribution in [0.1, 0.15) is 25.3 Å². The molecule has 3 heteroatoms. The topological polar surface area (TPSA) is 38.5 Å². The van der Waals surface area contributed by atoms with Crippen molar-refractivity contribution >= 4 is 0 Å². The van der Waals surface area contributed by atoms with Gasteiger partial charge in [0, 0.05) is 6.54 Å². The molecule has 1 aromatic rings. The van der Waals surface area contributed by atoms with E-state index in [1.807, 2.05) is 0 Å². The SMILES string of the molecule is CN1CCCC(C)(Oc2ccc(CCN)cc2)C1. The molecule has 1 fully saturated rings. The molecule has 0 saturated carbocycles. The summed E-state index contributed by atoms with van der Waals surface area (Å²) in [7, 11) is 2.16.